The first-order valence-corrected chi connectivity index (χ1v) is 6.85. The van der Waals surface area contributed by atoms with Crippen LogP contribution in [0.25, 0.3) is 0 Å². The van der Waals surface area contributed by atoms with Gasteiger partial charge in [0.1, 0.15) is 5.76 Å². The van der Waals surface area contributed by atoms with Crippen molar-refractivity contribution in [2.24, 2.45) is 5.73 Å². The van der Waals surface area contributed by atoms with Crippen LogP contribution in [0.15, 0.2) is 28.8 Å². The lowest BCUT2D eigenvalue weighted by atomic mass is 9.95. The van der Waals surface area contributed by atoms with Crippen LogP contribution in [0.4, 0.5) is 0 Å². The van der Waals surface area contributed by atoms with Crippen LogP contribution < -0.4 is 5.73 Å². The SMILES string of the molecule is NCc1ccc(C(=O)N2CCCC(c3ccn[nH]3)C2)o1. The monoisotopic (exact) mass is 274 g/mol. The molecule has 1 atom stereocenters. The molecule has 0 aromatic carbocycles. The highest BCUT2D eigenvalue weighted by atomic mass is 16.4. The van der Waals surface area contributed by atoms with E-state index in [9.17, 15) is 4.79 Å². The molecule has 6 heteroatoms. The molecule has 106 valence electrons. The molecule has 0 bridgehead atoms. The lowest BCUT2D eigenvalue weighted by Crippen LogP contribution is -2.39. The molecule has 1 aliphatic rings. The second-order valence-corrected chi connectivity index (χ2v) is 5.07. The van der Waals surface area contributed by atoms with Crippen molar-refractivity contribution in [3.8, 4) is 0 Å². The summed E-state index contributed by atoms with van der Waals surface area (Å²) in [5.41, 5.74) is 6.59. The van der Waals surface area contributed by atoms with Crippen molar-refractivity contribution in [1.82, 2.24) is 15.1 Å². The molecular formula is C14H18N4O2. The molecule has 1 unspecified atom stereocenters. The zero-order valence-corrected chi connectivity index (χ0v) is 11.2. The number of nitrogens with zero attached hydrogens (tertiary/aromatic N) is 2. The maximum absolute atomic E-state index is 12.4. The molecule has 0 saturated carbocycles. The Hall–Kier alpha value is -2.08. The van der Waals surface area contributed by atoms with Crippen molar-refractivity contribution in [3.63, 3.8) is 0 Å². The van der Waals surface area contributed by atoms with Crippen molar-refractivity contribution >= 4 is 5.91 Å². The molecule has 0 spiro atoms. The first kappa shape index (κ1) is 12.9. The number of nitrogens with two attached hydrogens (primary N) is 1. The van der Waals surface area contributed by atoms with E-state index >= 15 is 0 Å². The van der Waals surface area contributed by atoms with Gasteiger partial charge in [0.05, 0.1) is 6.54 Å². The number of likely N-dealkylation sites (tertiary alicyclic amines) is 1. The standard InChI is InChI=1S/C14H18N4O2/c15-8-11-3-4-13(20-11)14(19)18-7-1-2-10(9-18)12-5-6-16-17-12/h3-6,10H,1-2,7-9,15H2,(H,16,17). The summed E-state index contributed by atoms with van der Waals surface area (Å²) in [7, 11) is 0. The summed E-state index contributed by atoms with van der Waals surface area (Å²) in [6, 6.07) is 5.42. The highest BCUT2D eigenvalue weighted by molar-refractivity contribution is 5.91. The molecule has 1 aliphatic heterocycles. The van der Waals surface area contributed by atoms with Crippen LogP contribution >= 0.6 is 0 Å². The van der Waals surface area contributed by atoms with Gasteiger partial charge in [0.2, 0.25) is 0 Å². The lowest BCUT2D eigenvalue weighted by Gasteiger charge is -2.31. The van der Waals surface area contributed by atoms with E-state index in [-0.39, 0.29) is 5.91 Å². The first-order chi connectivity index (χ1) is 9.78. The van der Waals surface area contributed by atoms with Gasteiger partial charge in [-0.25, -0.2) is 0 Å². The molecule has 1 saturated heterocycles. The van der Waals surface area contributed by atoms with E-state index in [1.54, 1.807) is 18.3 Å². The number of H-pyrrole nitrogens is 1. The topological polar surface area (TPSA) is 88.2 Å². The van der Waals surface area contributed by atoms with Crippen LogP contribution in [0.3, 0.4) is 0 Å². The number of amides is 1. The number of furan rings is 1. The molecule has 6 nitrogen and oxygen atoms in total. The molecule has 1 fully saturated rings. The lowest BCUT2D eigenvalue weighted by molar-refractivity contribution is 0.0672. The minimum Gasteiger partial charge on any atom is -0.455 e. The fourth-order valence-electron chi connectivity index (χ4n) is 2.67. The summed E-state index contributed by atoms with van der Waals surface area (Å²) in [5.74, 6) is 1.26. The molecule has 1 amide bonds. The molecule has 2 aromatic rings. The van der Waals surface area contributed by atoms with E-state index in [1.807, 2.05) is 11.0 Å². The minimum absolute atomic E-state index is 0.0612. The molecule has 3 heterocycles. The maximum Gasteiger partial charge on any atom is 0.289 e. The molecule has 0 radical (unpaired) electrons. The van der Waals surface area contributed by atoms with Gasteiger partial charge in [0, 0.05) is 30.9 Å². The molecule has 0 aliphatic carbocycles. The molecule has 2 aromatic heterocycles. The van der Waals surface area contributed by atoms with Crippen LogP contribution in [-0.4, -0.2) is 34.1 Å². The van der Waals surface area contributed by atoms with Crippen molar-refractivity contribution in [3.05, 3.63) is 41.6 Å². The van der Waals surface area contributed by atoms with Gasteiger partial charge in [-0.2, -0.15) is 5.10 Å². The molecule has 3 rings (SSSR count). The fourth-order valence-corrected chi connectivity index (χ4v) is 2.67. The zero-order valence-electron chi connectivity index (χ0n) is 11.2. The highest BCUT2D eigenvalue weighted by Crippen LogP contribution is 2.26. The smallest absolute Gasteiger partial charge is 0.289 e. The van der Waals surface area contributed by atoms with Gasteiger partial charge in [-0.1, -0.05) is 0 Å². The van der Waals surface area contributed by atoms with Crippen LogP contribution in [-0.2, 0) is 6.54 Å². The number of hydrogen-bond donors (Lipinski definition) is 2. The van der Waals surface area contributed by atoms with Crippen molar-refractivity contribution in [2.75, 3.05) is 13.1 Å². The van der Waals surface area contributed by atoms with Gasteiger partial charge < -0.3 is 15.1 Å². The number of aromatic amines is 1. The Bertz CT molecular complexity index is 576. The van der Waals surface area contributed by atoms with E-state index in [0.29, 0.717) is 30.5 Å². The normalized spacial score (nSPS) is 19.2. The predicted octanol–water partition coefficient (Wildman–Crippen LogP) is 1.48. The molecular weight excluding hydrogens is 256 g/mol. The number of rotatable bonds is 3. The summed E-state index contributed by atoms with van der Waals surface area (Å²) in [6.45, 7) is 1.77. The van der Waals surface area contributed by atoms with Crippen molar-refractivity contribution in [2.45, 2.75) is 25.3 Å². The number of aromatic nitrogens is 2. The Balaban J connectivity index is 1.71. The Morgan fingerprint density at radius 2 is 2.40 bits per heavy atom. The Morgan fingerprint density at radius 1 is 1.50 bits per heavy atom. The Kier molecular flexibility index (Phi) is 3.56. The minimum atomic E-state index is -0.0612. The summed E-state index contributed by atoms with van der Waals surface area (Å²) >= 11 is 0. The number of hydrogen-bond acceptors (Lipinski definition) is 4. The number of carbonyl (C=O) groups is 1. The third-order valence-electron chi connectivity index (χ3n) is 3.74. The van der Waals surface area contributed by atoms with Gasteiger partial charge in [0.15, 0.2) is 5.76 Å². The van der Waals surface area contributed by atoms with E-state index in [4.69, 9.17) is 10.2 Å². The van der Waals surface area contributed by atoms with Crippen LogP contribution in [0, 0.1) is 0 Å². The van der Waals surface area contributed by atoms with Gasteiger partial charge in [-0.05, 0) is 31.0 Å². The quantitative estimate of drug-likeness (QED) is 0.887. The summed E-state index contributed by atoms with van der Waals surface area (Å²) in [5, 5.41) is 6.97. The average molecular weight is 274 g/mol. The second kappa shape index (κ2) is 5.50. The maximum atomic E-state index is 12.4. The van der Waals surface area contributed by atoms with E-state index < -0.39 is 0 Å². The Morgan fingerprint density at radius 3 is 3.10 bits per heavy atom. The molecule has 3 N–H and O–H groups in total. The van der Waals surface area contributed by atoms with E-state index in [2.05, 4.69) is 10.2 Å². The van der Waals surface area contributed by atoms with Crippen molar-refractivity contribution in [1.29, 1.82) is 0 Å². The summed E-state index contributed by atoms with van der Waals surface area (Å²) in [6.07, 6.45) is 3.80. The number of piperidine rings is 1. The first-order valence-electron chi connectivity index (χ1n) is 6.85. The summed E-state index contributed by atoms with van der Waals surface area (Å²) < 4.78 is 5.44. The predicted molar refractivity (Wildman–Crippen MR) is 73.1 cm³/mol. The van der Waals surface area contributed by atoms with E-state index in [1.165, 1.54) is 0 Å². The van der Waals surface area contributed by atoms with Gasteiger partial charge in [0.25, 0.3) is 5.91 Å². The largest absolute Gasteiger partial charge is 0.455 e. The third-order valence-corrected chi connectivity index (χ3v) is 3.74. The third kappa shape index (κ3) is 2.46. The number of carbonyl (C=O) groups excluding carboxylic acids is 1. The fraction of sp³-hybridized carbons (Fsp3) is 0.429. The van der Waals surface area contributed by atoms with Crippen LogP contribution in [0.2, 0.25) is 0 Å². The second-order valence-electron chi connectivity index (χ2n) is 5.07. The zero-order chi connectivity index (χ0) is 13.9. The molecule has 20 heavy (non-hydrogen) atoms. The van der Waals surface area contributed by atoms with Crippen LogP contribution in [0.1, 0.15) is 40.8 Å². The summed E-state index contributed by atoms with van der Waals surface area (Å²) in [4.78, 5) is 14.3. The van der Waals surface area contributed by atoms with Crippen LogP contribution in [0.5, 0.6) is 0 Å². The van der Waals surface area contributed by atoms with Gasteiger partial charge in [-0.15, -0.1) is 0 Å². The van der Waals surface area contributed by atoms with Gasteiger partial charge >= 0.3 is 0 Å². The number of nitrogens with one attached hydrogen (secondary N) is 1. The van der Waals surface area contributed by atoms with Crippen molar-refractivity contribution < 1.29 is 9.21 Å². The van der Waals surface area contributed by atoms with E-state index in [0.717, 1.165) is 25.1 Å². The average Bonchev–Trinajstić information content (AvgIpc) is 3.17. The Labute approximate surface area is 116 Å². The van der Waals surface area contributed by atoms with Gasteiger partial charge in [-0.3, -0.25) is 9.89 Å². The highest BCUT2D eigenvalue weighted by Gasteiger charge is 2.27.